The Kier molecular flexibility index (Phi) is 7.08. The Morgan fingerprint density at radius 3 is 2.68 bits per heavy atom. The highest BCUT2D eigenvalue weighted by molar-refractivity contribution is 7.89. The molecule has 5 rings (SSSR count). The molecule has 10 nitrogen and oxygen atoms in total. The highest BCUT2D eigenvalue weighted by Crippen LogP contribution is 2.38. The van der Waals surface area contributed by atoms with Gasteiger partial charge in [-0.15, -0.1) is 0 Å². The maximum absolute atomic E-state index is 14.2. The molecule has 2 fully saturated rings. The Bertz CT molecular complexity index is 1270. The van der Waals surface area contributed by atoms with Gasteiger partial charge in [0, 0.05) is 50.1 Å². The molecule has 1 aromatic carbocycles. The third-order valence-corrected chi connectivity index (χ3v) is 9.37. The molecule has 1 unspecified atom stereocenters. The van der Waals surface area contributed by atoms with E-state index in [1.54, 1.807) is 11.1 Å². The van der Waals surface area contributed by atoms with Gasteiger partial charge in [0.1, 0.15) is 10.7 Å². The number of nitrogens with zero attached hydrogens (tertiary/aromatic N) is 4. The van der Waals surface area contributed by atoms with Gasteiger partial charge in [0.15, 0.2) is 0 Å². The minimum atomic E-state index is -4.00. The summed E-state index contributed by atoms with van der Waals surface area (Å²) >= 11 is 0. The molecule has 2 N–H and O–H groups in total. The molecule has 3 aliphatic heterocycles. The van der Waals surface area contributed by atoms with Crippen molar-refractivity contribution in [2.24, 2.45) is 0 Å². The summed E-state index contributed by atoms with van der Waals surface area (Å²) in [5.41, 5.74) is 1.04. The molecule has 2 amide bonds. The van der Waals surface area contributed by atoms with Crippen molar-refractivity contribution in [1.29, 1.82) is 0 Å². The lowest BCUT2D eigenvalue weighted by Gasteiger charge is -2.36. The van der Waals surface area contributed by atoms with Crippen LogP contribution in [0, 0.1) is 5.82 Å². The van der Waals surface area contributed by atoms with E-state index < -0.39 is 21.4 Å². The smallest absolute Gasteiger partial charge is 0.318 e. The number of rotatable bonds is 5. The van der Waals surface area contributed by atoms with Gasteiger partial charge >= 0.3 is 6.03 Å². The van der Waals surface area contributed by atoms with E-state index in [0.717, 1.165) is 30.2 Å². The normalized spacial score (nSPS) is 22.5. The first kappa shape index (κ1) is 25.8. The lowest BCUT2D eigenvalue weighted by Crippen LogP contribution is -2.54. The first-order chi connectivity index (χ1) is 17.7. The van der Waals surface area contributed by atoms with Crippen molar-refractivity contribution in [2.75, 3.05) is 31.6 Å². The predicted octanol–water partition coefficient (Wildman–Crippen LogP) is 2.82. The second kappa shape index (κ2) is 10.1. The molecule has 0 radical (unpaired) electrons. The topological polar surface area (TPSA) is 117 Å². The maximum atomic E-state index is 14.2. The minimum Gasteiger partial charge on any atom is -0.381 e. The first-order valence-corrected chi connectivity index (χ1v) is 14.1. The van der Waals surface area contributed by atoms with Crippen LogP contribution in [0.3, 0.4) is 0 Å². The molecule has 2 saturated heterocycles. The number of carbonyl (C=O) groups excluding carboxylic acids is 1. The fraction of sp³-hybridized carbons (Fsp3) is 0.560. The molecule has 0 spiro atoms. The van der Waals surface area contributed by atoms with E-state index >= 15 is 0 Å². The molecular formula is C25H33FN6O4S. The average Bonchev–Trinajstić information content (AvgIpc) is 3.15. The first-order valence-electron chi connectivity index (χ1n) is 12.7. The number of fused-ring (bicyclic) bond motifs is 1. The van der Waals surface area contributed by atoms with Crippen molar-refractivity contribution in [3.05, 3.63) is 47.5 Å². The third-order valence-electron chi connectivity index (χ3n) is 7.48. The van der Waals surface area contributed by atoms with Crippen molar-refractivity contribution >= 4 is 22.0 Å². The van der Waals surface area contributed by atoms with Gasteiger partial charge < -0.3 is 20.3 Å². The molecule has 37 heavy (non-hydrogen) atoms. The van der Waals surface area contributed by atoms with E-state index in [1.807, 2.05) is 13.8 Å². The number of amides is 2. The summed E-state index contributed by atoms with van der Waals surface area (Å²) in [4.78, 5) is 23.9. The van der Waals surface area contributed by atoms with E-state index in [9.17, 15) is 17.6 Å². The highest BCUT2D eigenvalue weighted by Gasteiger charge is 2.43. The van der Waals surface area contributed by atoms with Crippen molar-refractivity contribution in [3.63, 3.8) is 0 Å². The number of urea groups is 1. The Morgan fingerprint density at radius 2 is 1.92 bits per heavy atom. The van der Waals surface area contributed by atoms with Crippen LogP contribution in [0.25, 0.3) is 0 Å². The van der Waals surface area contributed by atoms with Crippen LogP contribution in [-0.4, -0.2) is 72.0 Å². The van der Waals surface area contributed by atoms with Crippen LogP contribution >= 0.6 is 0 Å². The van der Waals surface area contributed by atoms with E-state index in [1.165, 1.54) is 22.5 Å². The zero-order valence-corrected chi connectivity index (χ0v) is 21.9. The Morgan fingerprint density at radius 1 is 1.16 bits per heavy atom. The summed E-state index contributed by atoms with van der Waals surface area (Å²) in [5, 5.41) is 6.38. The summed E-state index contributed by atoms with van der Waals surface area (Å²) in [7, 11) is -4.00. The van der Waals surface area contributed by atoms with Crippen LogP contribution in [0.4, 0.5) is 15.1 Å². The third kappa shape index (κ3) is 5.14. The molecule has 0 bridgehead atoms. The van der Waals surface area contributed by atoms with Crippen molar-refractivity contribution < 1.29 is 22.3 Å². The number of nitrogens with one attached hydrogen (secondary N) is 2. The van der Waals surface area contributed by atoms with Gasteiger partial charge in [-0.1, -0.05) is 12.1 Å². The standard InChI is InChI=1S/C25H33FN6O4S/c1-25(2)19-14-27-23(28-17-9-12-36-13-10-17)30-21(19)16-32(25)24(33)29-18-6-5-11-31(15-18)37(34,35)22-8-4-3-7-20(22)26/h3-4,7-8,14,17-18H,5-6,9-13,15-16H2,1-2H3,(H,29,33)(H,27,28,30). The molecule has 1 aromatic heterocycles. The zero-order chi connectivity index (χ0) is 26.2. The fourth-order valence-corrected chi connectivity index (χ4v) is 6.87. The van der Waals surface area contributed by atoms with Gasteiger partial charge in [0.2, 0.25) is 16.0 Å². The number of aromatic nitrogens is 2. The highest BCUT2D eigenvalue weighted by atomic mass is 32.2. The number of hydrogen-bond acceptors (Lipinski definition) is 7. The van der Waals surface area contributed by atoms with Gasteiger partial charge in [-0.25, -0.2) is 27.6 Å². The van der Waals surface area contributed by atoms with Gasteiger partial charge in [-0.2, -0.15) is 4.31 Å². The van der Waals surface area contributed by atoms with E-state index in [4.69, 9.17) is 9.72 Å². The Balaban J connectivity index is 1.25. The molecule has 1 atom stereocenters. The van der Waals surface area contributed by atoms with Crippen LogP contribution in [-0.2, 0) is 26.8 Å². The van der Waals surface area contributed by atoms with Crippen LogP contribution in [0.2, 0.25) is 0 Å². The average molecular weight is 533 g/mol. The minimum absolute atomic E-state index is 0.0859. The van der Waals surface area contributed by atoms with Crippen LogP contribution in [0.5, 0.6) is 0 Å². The number of carbonyl (C=O) groups is 1. The van der Waals surface area contributed by atoms with Crippen LogP contribution < -0.4 is 10.6 Å². The summed E-state index contributed by atoms with van der Waals surface area (Å²) < 4.78 is 47.0. The molecule has 200 valence electrons. The van der Waals surface area contributed by atoms with Crippen molar-refractivity contribution in [2.45, 2.75) is 68.6 Å². The number of piperidine rings is 1. The number of sulfonamides is 1. The van der Waals surface area contributed by atoms with Crippen molar-refractivity contribution in [1.82, 2.24) is 24.5 Å². The van der Waals surface area contributed by atoms with Crippen molar-refractivity contribution in [3.8, 4) is 0 Å². The lowest BCUT2D eigenvalue weighted by atomic mass is 9.97. The molecule has 0 aliphatic carbocycles. The van der Waals surface area contributed by atoms with E-state index in [2.05, 4.69) is 15.6 Å². The van der Waals surface area contributed by atoms with Gasteiger partial charge in [-0.05, 0) is 51.7 Å². The number of benzene rings is 1. The van der Waals surface area contributed by atoms with Gasteiger partial charge in [0.25, 0.3) is 0 Å². The van der Waals surface area contributed by atoms with Gasteiger partial charge in [0.05, 0.1) is 17.8 Å². The molecule has 12 heteroatoms. The van der Waals surface area contributed by atoms with E-state index in [0.29, 0.717) is 38.5 Å². The second-order valence-corrected chi connectivity index (χ2v) is 12.2. The monoisotopic (exact) mass is 532 g/mol. The second-order valence-electron chi connectivity index (χ2n) is 10.3. The van der Waals surface area contributed by atoms with Gasteiger partial charge in [-0.3, -0.25) is 0 Å². The quantitative estimate of drug-likeness (QED) is 0.608. The molecule has 0 saturated carbocycles. The molecule has 2 aromatic rings. The maximum Gasteiger partial charge on any atom is 0.318 e. The molecule has 4 heterocycles. The fourth-order valence-electron chi connectivity index (χ4n) is 5.29. The van der Waals surface area contributed by atoms with E-state index in [-0.39, 0.29) is 36.1 Å². The number of anilines is 1. The van der Waals surface area contributed by atoms with Crippen LogP contribution in [0.1, 0.15) is 50.8 Å². The summed E-state index contributed by atoms with van der Waals surface area (Å²) in [5.74, 6) is -0.234. The SMILES string of the molecule is CC1(C)c2cnc(NC3CCOCC3)nc2CN1C(=O)NC1CCCN(S(=O)(=O)c2ccccc2F)C1. The Labute approximate surface area is 216 Å². The molecular weight excluding hydrogens is 499 g/mol. The number of hydrogen-bond donors (Lipinski definition) is 2. The predicted molar refractivity (Wildman–Crippen MR) is 135 cm³/mol. The Hall–Kier alpha value is -2.83. The summed E-state index contributed by atoms with van der Waals surface area (Å²) in [6.07, 6.45) is 4.77. The molecule has 3 aliphatic rings. The lowest BCUT2D eigenvalue weighted by molar-refractivity contribution is 0.0903. The number of ether oxygens (including phenoxy) is 1. The zero-order valence-electron chi connectivity index (χ0n) is 21.1. The number of halogens is 1. The summed E-state index contributed by atoms with van der Waals surface area (Å²) in [6, 6.07) is 4.93. The summed E-state index contributed by atoms with van der Waals surface area (Å²) in [6.45, 7) is 6.01. The largest absolute Gasteiger partial charge is 0.381 e. The van der Waals surface area contributed by atoms with Crippen LogP contribution in [0.15, 0.2) is 35.4 Å².